The van der Waals surface area contributed by atoms with Crippen molar-refractivity contribution < 1.29 is 19.4 Å². The number of ether oxygens (including phenoxy) is 1. The van der Waals surface area contributed by atoms with Crippen LogP contribution in [0.1, 0.15) is 25.8 Å². The molecule has 1 aromatic rings. The number of carbonyl (C=O) groups excluding carboxylic acids is 1. The van der Waals surface area contributed by atoms with Gasteiger partial charge >= 0.3 is 12.1 Å². The zero-order valence-electron chi connectivity index (χ0n) is 11.8. The van der Waals surface area contributed by atoms with E-state index in [1.165, 1.54) is 0 Å². The molecule has 0 aromatic heterocycles. The monoisotopic (exact) mass is 279 g/mol. The molecule has 5 heteroatoms. The van der Waals surface area contributed by atoms with Crippen molar-refractivity contribution in [3.8, 4) is 0 Å². The van der Waals surface area contributed by atoms with Crippen LogP contribution in [-0.2, 0) is 16.0 Å². The van der Waals surface area contributed by atoms with E-state index in [2.05, 4.69) is 5.32 Å². The smallest absolute Gasteiger partial charge is 0.407 e. The third-order valence-electron chi connectivity index (χ3n) is 2.62. The van der Waals surface area contributed by atoms with Gasteiger partial charge in [0.1, 0.15) is 0 Å². The lowest BCUT2D eigenvalue weighted by molar-refractivity contribution is -0.137. The Labute approximate surface area is 118 Å². The summed E-state index contributed by atoms with van der Waals surface area (Å²) in [6.45, 7) is 4.19. The van der Waals surface area contributed by atoms with Gasteiger partial charge in [-0.1, -0.05) is 44.2 Å². The number of aliphatic carboxylic acids is 1. The molecule has 0 fully saturated rings. The number of rotatable bonds is 7. The van der Waals surface area contributed by atoms with Gasteiger partial charge in [0.2, 0.25) is 0 Å². The summed E-state index contributed by atoms with van der Waals surface area (Å²) in [4.78, 5) is 22.5. The Hall–Kier alpha value is -2.04. The lowest BCUT2D eigenvalue weighted by Crippen LogP contribution is -2.38. The van der Waals surface area contributed by atoms with Crippen LogP contribution in [0.5, 0.6) is 0 Å². The van der Waals surface area contributed by atoms with Crippen molar-refractivity contribution in [2.24, 2.45) is 5.92 Å². The number of hydrogen-bond donors (Lipinski definition) is 2. The Morgan fingerprint density at radius 1 is 1.25 bits per heavy atom. The van der Waals surface area contributed by atoms with E-state index < -0.39 is 18.1 Å². The predicted octanol–water partition coefficient (Wildman–Crippen LogP) is 2.45. The van der Waals surface area contributed by atoms with Gasteiger partial charge in [0.15, 0.2) is 0 Å². The van der Waals surface area contributed by atoms with Crippen LogP contribution in [0.25, 0.3) is 0 Å². The van der Waals surface area contributed by atoms with Crippen LogP contribution < -0.4 is 5.32 Å². The Balaban J connectivity index is 2.55. The number of alkyl carbamates (subject to hydrolysis) is 1. The first kappa shape index (κ1) is 16.0. The van der Waals surface area contributed by atoms with E-state index in [0.29, 0.717) is 13.0 Å². The topological polar surface area (TPSA) is 75.6 Å². The average Bonchev–Trinajstić information content (AvgIpc) is 2.36. The third-order valence-corrected chi connectivity index (χ3v) is 2.62. The van der Waals surface area contributed by atoms with E-state index in [-0.39, 0.29) is 12.3 Å². The zero-order chi connectivity index (χ0) is 15.0. The van der Waals surface area contributed by atoms with Crippen LogP contribution in [0.15, 0.2) is 30.3 Å². The molecule has 1 rings (SSSR count). The highest BCUT2D eigenvalue weighted by molar-refractivity contribution is 5.71. The van der Waals surface area contributed by atoms with Gasteiger partial charge in [-0.25, -0.2) is 4.79 Å². The van der Waals surface area contributed by atoms with Gasteiger partial charge in [-0.05, 0) is 17.9 Å². The normalized spacial score (nSPS) is 11.9. The standard InChI is InChI=1S/C15H21NO4/c1-11(2)10-20-15(19)16-13(9-14(17)18)8-12-6-4-3-5-7-12/h3-7,11,13H,8-10H2,1-2H3,(H,16,19)(H,17,18). The molecule has 1 aromatic carbocycles. The highest BCUT2D eigenvalue weighted by Crippen LogP contribution is 2.06. The first-order valence-electron chi connectivity index (χ1n) is 6.66. The quantitative estimate of drug-likeness (QED) is 0.804. The molecule has 0 heterocycles. The van der Waals surface area contributed by atoms with Crippen LogP contribution in [0.4, 0.5) is 4.79 Å². The first-order valence-corrected chi connectivity index (χ1v) is 6.66. The van der Waals surface area contributed by atoms with Gasteiger partial charge in [-0.2, -0.15) is 0 Å². The summed E-state index contributed by atoms with van der Waals surface area (Å²) < 4.78 is 5.01. The molecule has 0 aliphatic rings. The van der Waals surface area contributed by atoms with E-state index in [1.54, 1.807) is 0 Å². The second kappa shape index (κ2) is 8.19. The fourth-order valence-electron chi connectivity index (χ4n) is 1.73. The number of amides is 1. The Kier molecular flexibility index (Phi) is 6.56. The summed E-state index contributed by atoms with van der Waals surface area (Å²) in [7, 11) is 0. The number of carboxylic acid groups (broad SMARTS) is 1. The highest BCUT2D eigenvalue weighted by atomic mass is 16.5. The summed E-state index contributed by atoms with van der Waals surface area (Å²) in [5.41, 5.74) is 0.975. The van der Waals surface area contributed by atoms with Crippen LogP contribution in [0, 0.1) is 5.92 Å². The molecule has 0 saturated heterocycles. The summed E-state index contributed by atoms with van der Waals surface area (Å²) in [5.74, 6) is -0.706. The van der Waals surface area contributed by atoms with Gasteiger partial charge in [0, 0.05) is 6.04 Å². The van der Waals surface area contributed by atoms with E-state index in [9.17, 15) is 9.59 Å². The van der Waals surface area contributed by atoms with Crippen molar-refractivity contribution in [2.75, 3.05) is 6.61 Å². The molecule has 1 amide bonds. The SMILES string of the molecule is CC(C)COC(=O)NC(CC(=O)O)Cc1ccccc1. The first-order chi connectivity index (χ1) is 9.47. The number of carbonyl (C=O) groups is 2. The van der Waals surface area contributed by atoms with Crippen molar-refractivity contribution in [3.05, 3.63) is 35.9 Å². The van der Waals surface area contributed by atoms with Crippen molar-refractivity contribution in [3.63, 3.8) is 0 Å². The molecule has 0 radical (unpaired) electrons. The number of nitrogens with one attached hydrogen (secondary N) is 1. The predicted molar refractivity (Wildman–Crippen MR) is 75.5 cm³/mol. The van der Waals surface area contributed by atoms with Crippen molar-refractivity contribution in [2.45, 2.75) is 32.7 Å². The summed E-state index contributed by atoms with van der Waals surface area (Å²) in [6.07, 6.45) is -0.240. The largest absolute Gasteiger partial charge is 0.481 e. The summed E-state index contributed by atoms with van der Waals surface area (Å²) in [6, 6.07) is 8.97. The molecule has 1 unspecified atom stereocenters. The minimum Gasteiger partial charge on any atom is -0.481 e. The van der Waals surface area contributed by atoms with E-state index in [4.69, 9.17) is 9.84 Å². The van der Waals surface area contributed by atoms with Crippen LogP contribution in [-0.4, -0.2) is 29.8 Å². The average molecular weight is 279 g/mol. The van der Waals surface area contributed by atoms with Crippen LogP contribution in [0.3, 0.4) is 0 Å². The maximum absolute atomic E-state index is 11.6. The maximum Gasteiger partial charge on any atom is 0.407 e. The van der Waals surface area contributed by atoms with Crippen molar-refractivity contribution >= 4 is 12.1 Å². The highest BCUT2D eigenvalue weighted by Gasteiger charge is 2.17. The maximum atomic E-state index is 11.6. The molecule has 0 aliphatic carbocycles. The molecule has 0 spiro atoms. The number of carboxylic acids is 1. The van der Waals surface area contributed by atoms with Crippen molar-refractivity contribution in [1.29, 1.82) is 0 Å². The molecular weight excluding hydrogens is 258 g/mol. The van der Waals surface area contributed by atoms with E-state index >= 15 is 0 Å². The van der Waals surface area contributed by atoms with E-state index in [1.807, 2.05) is 44.2 Å². The van der Waals surface area contributed by atoms with Gasteiger partial charge < -0.3 is 15.2 Å². The van der Waals surface area contributed by atoms with Crippen LogP contribution in [0.2, 0.25) is 0 Å². The van der Waals surface area contributed by atoms with Gasteiger partial charge in [0.25, 0.3) is 0 Å². The molecule has 0 aliphatic heterocycles. The second-order valence-electron chi connectivity index (χ2n) is 5.12. The number of hydrogen-bond acceptors (Lipinski definition) is 3. The van der Waals surface area contributed by atoms with Crippen LogP contribution >= 0.6 is 0 Å². The molecule has 5 nitrogen and oxygen atoms in total. The Bertz CT molecular complexity index is 431. The molecule has 2 N–H and O–H groups in total. The lowest BCUT2D eigenvalue weighted by Gasteiger charge is -2.17. The van der Waals surface area contributed by atoms with Gasteiger partial charge in [0.05, 0.1) is 13.0 Å². The fourth-order valence-corrected chi connectivity index (χ4v) is 1.73. The molecule has 0 saturated carbocycles. The minimum atomic E-state index is -0.949. The minimum absolute atomic E-state index is 0.133. The third kappa shape index (κ3) is 6.78. The molecule has 110 valence electrons. The Morgan fingerprint density at radius 3 is 2.45 bits per heavy atom. The fraction of sp³-hybridized carbons (Fsp3) is 0.467. The molecule has 1 atom stereocenters. The zero-order valence-corrected chi connectivity index (χ0v) is 11.8. The second-order valence-corrected chi connectivity index (χ2v) is 5.12. The van der Waals surface area contributed by atoms with Gasteiger partial charge in [-0.3, -0.25) is 4.79 Å². The summed E-state index contributed by atoms with van der Waals surface area (Å²) >= 11 is 0. The Morgan fingerprint density at radius 2 is 1.90 bits per heavy atom. The molecular formula is C15H21NO4. The lowest BCUT2D eigenvalue weighted by atomic mass is 10.0. The molecule has 0 bridgehead atoms. The summed E-state index contributed by atoms with van der Waals surface area (Å²) in [5, 5.41) is 11.5. The van der Waals surface area contributed by atoms with Crippen molar-refractivity contribution in [1.82, 2.24) is 5.32 Å². The van der Waals surface area contributed by atoms with E-state index in [0.717, 1.165) is 5.56 Å². The van der Waals surface area contributed by atoms with Gasteiger partial charge in [-0.15, -0.1) is 0 Å². The number of benzene rings is 1. The molecule has 20 heavy (non-hydrogen) atoms.